The van der Waals surface area contributed by atoms with Crippen molar-refractivity contribution < 1.29 is 19.0 Å². The van der Waals surface area contributed by atoms with Crippen LogP contribution in [0.3, 0.4) is 0 Å². The van der Waals surface area contributed by atoms with E-state index < -0.39 is 18.1 Å². The molecule has 0 aromatic heterocycles. The number of halogens is 2. The monoisotopic (exact) mass is 528 g/mol. The second-order valence-electron chi connectivity index (χ2n) is 12.4. The Labute approximate surface area is 224 Å². The molecule has 8 heteroatoms. The zero-order valence-electron chi connectivity index (χ0n) is 22.2. The fraction of sp³-hybridized carbons (Fsp3) is 0.667. The average molecular weight is 529 g/mol. The number of anilines is 1. The van der Waals surface area contributed by atoms with E-state index in [9.17, 15) is 19.0 Å². The Kier molecular flexibility index (Phi) is 7.04. The summed E-state index contributed by atoms with van der Waals surface area (Å²) >= 11 is 0. The Morgan fingerprint density at radius 3 is 2.66 bits per heavy atom. The Morgan fingerprint density at radius 1 is 1.16 bits per heavy atom. The highest BCUT2D eigenvalue weighted by atomic mass is 19.3. The van der Waals surface area contributed by atoms with Gasteiger partial charge >= 0.3 is 0 Å². The fourth-order valence-corrected chi connectivity index (χ4v) is 7.83. The van der Waals surface area contributed by atoms with Crippen LogP contribution in [0.25, 0.3) is 0 Å². The number of hydrogen-bond acceptors (Lipinski definition) is 6. The van der Waals surface area contributed by atoms with Crippen LogP contribution in [0.1, 0.15) is 62.8 Å². The van der Waals surface area contributed by atoms with Gasteiger partial charge in [0.25, 0.3) is 5.92 Å². The van der Waals surface area contributed by atoms with Gasteiger partial charge in [-0.15, -0.1) is 0 Å². The molecule has 2 saturated carbocycles. The molecule has 0 bridgehead atoms. The lowest BCUT2D eigenvalue weighted by Gasteiger charge is -2.47. The third-order valence-corrected chi connectivity index (χ3v) is 10.1. The average Bonchev–Trinajstić information content (AvgIpc) is 3.12. The van der Waals surface area contributed by atoms with Crippen LogP contribution < -0.4 is 15.8 Å². The fourth-order valence-electron chi connectivity index (χ4n) is 7.83. The Morgan fingerprint density at radius 2 is 1.97 bits per heavy atom. The number of likely N-dealkylation sites (tertiary alicyclic amines) is 1. The predicted molar refractivity (Wildman–Crippen MR) is 145 cm³/mol. The molecule has 0 amide bonds. The first-order valence-corrected chi connectivity index (χ1v) is 14.5. The second kappa shape index (κ2) is 10.2. The molecule has 2 aliphatic carbocycles. The maximum Gasteiger partial charge on any atom is 0.283 e. The van der Waals surface area contributed by atoms with Crippen LogP contribution in [0.4, 0.5) is 14.5 Å². The molecule has 6 rings (SSSR count). The molecule has 1 aromatic carbocycles. The molecule has 5 fully saturated rings. The van der Waals surface area contributed by atoms with E-state index in [4.69, 9.17) is 0 Å². The van der Waals surface area contributed by atoms with Gasteiger partial charge in [0, 0.05) is 31.1 Å². The summed E-state index contributed by atoms with van der Waals surface area (Å²) in [5.74, 6) is -1.71. The molecule has 208 valence electrons. The number of aliphatic hydroxyl groups is 1. The van der Waals surface area contributed by atoms with Crippen LogP contribution >= 0.6 is 0 Å². The normalized spacial score (nSPS) is 36.4. The van der Waals surface area contributed by atoms with E-state index >= 15 is 0 Å². The van der Waals surface area contributed by atoms with Crippen LogP contribution in [-0.4, -0.2) is 70.9 Å². The standard InChI is InChI=1S/C30H42F2N4O2/c1-3-30(31,32)29-27(38)14-19(16-33-29)17-35-12-11-24-28-22(9-7-18(2)13-25(28)35)34-36(24)23-10-8-21(15-26(23)37)20-5-4-6-20/h3,8,10,15,19-20,22,24-25,27-29,33-34,37-38H,1-2,4-7,9,11-14,16-17H2. The van der Waals surface area contributed by atoms with Gasteiger partial charge in [0.05, 0.1) is 17.8 Å². The molecule has 6 nitrogen and oxygen atoms in total. The molecular weight excluding hydrogens is 486 g/mol. The van der Waals surface area contributed by atoms with Gasteiger partial charge < -0.3 is 20.5 Å². The Bertz CT molecular complexity index is 1060. The molecule has 4 N–H and O–H groups in total. The van der Waals surface area contributed by atoms with Crippen molar-refractivity contribution in [3.05, 3.63) is 48.6 Å². The number of phenolic OH excluding ortho intramolecular Hbond substituents is 1. The molecule has 3 saturated heterocycles. The molecule has 38 heavy (non-hydrogen) atoms. The molecule has 0 radical (unpaired) electrons. The van der Waals surface area contributed by atoms with Crippen molar-refractivity contribution in [1.82, 2.24) is 15.6 Å². The molecule has 7 atom stereocenters. The second-order valence-corrected chi connectivity index (χ2v) is 12.4. The number of hydrogen-bond donors (Lipinski definition) is 4. The Hall–Kier alpha value is -2.00. The molecular formula is C30H42F2N4O2. The number of piperidine rings is 2. The minimum Gasteiger partial charge on any atom is -0.506 e. The molecule has 7 unspecified atom stereocenters. The van der Waals surface area contributed by atoms with Crippen molar-refractivity contribution in [2.24, 2.45) is 11.8 Å². The van der Waals surface area contributed by atoms with Crippen molar-refractivity contribution in [2.75, 3.05) is 24.6 Å². The smallest absolute Gasteiger partial charge is 0.283 e. The lowest BCUT2D eigenvalue weighted by molar-refractivity contribution is -0.0658. The summed E-state index contributed by atoms with van der Waals surface area (Å²) in [5, 5.41) is 26.7. The van der Waals surface area contributed by atoms with Crippen LogP contribution in [0.2, 0.25) is 0 Å². The maximum atomic E-state index is 14.2. The van der Waals surface area contributed by atoms with Crippen molar-refractivity contribution in [1.29, 1.82) is 0 Å². The van der Waals surface area contributed by atoms with E-state index in [1.165, 1.54) is 30.4 Å². The third-order valence-electron chi connectivity index (χ3n) is 10.1. The molecule has 5 aliphatic rings. The number of hydrazine groups is 1. The molecule has 1 aromatic rings. The van der Waals surface area contributed by atoms with Gasteiger partial charge in [0.1, 0.15) is 11.8 Å². The zero-order valence-corrected chi connectivity index (χ0v) is 22.2. The highest BCUT2D eigenvalue weighted by Crippen LogP contribution is 2.46. The number of nitrogens with one attached hydrogen (secondary N) is 2. The van der Waals surface area contributed by atoms with Crippen molar-refractivity contribution in [2.45, 2.75) is 93.5 Å². The summed E-state index contributed by atoms with van der Waals surface area (Å²) in [6, 6.07) is 5.84. The number of benzene rings is 1. The summed E-state index contributed by atoms with van der Waals surface area (Å²) in [7, 11) is 0. The van der Waals surface area contributed by atoms with E-state index in [1.807, 2.05) is 6.07 Å². The van der Waals surface area contributed by atoms with E-state index in [2.05, 4.69) is 45.9 Å². The number of rotatable bonds is 6. The first-order valence-electron chi connectivity index (χ1n) is 14.5. The quantitative estimate of drug-likeness (QED) is 0.413. The number of aromatic hydroxyl groups is 1. The van der Waals surface area contributed by atoms with Gasteiger partial charge in [0.15, 0.2) is 0 Å². The number of nitrogens with zero attached hydrogens (tertiary/aromatic N) is 2. The summed E-state index contributed by atoms with van der Waals surface area (Å²) in [6.07, 6.45) is 7.46. The maximum absolute atomic E-state index is 14.2. The highest BCUT2D eigenvalue weighted by molar-refractivity contribution is 5.60. The van der Waals surface area contributed by atoms with E-state index in [1.54, 1.807) is 0 Å². The topological polar surface area (TPSA) is 71.0 Å². The van der Waals surface area contributed by atoms with Crippen molar-refractivity contribution in [3.8, 4) is 5.75 Å². The number of phenols is 1. The van der Waals surface area contributed by atoms with Crippen LogP contribution in [-0.2, 0) is 0 Å². The summed E-state index contributed by atoms with van der Waals surface area (Å²) < 4.78 is 28.3. The molecule has 0 spiro atoms. The summed E-state index contributed by atoms with van der Waals surface area (Å²) in [6.45, 7) is 9.73. The SMILES string of the molecule is C=CC(F)(F)C1NCC(CN2CCC3C4C(CCC(=C)CC42)NN3c2ccc(C3CCC3)cc2O)CC1O. The third kappa shape index (κ3) is 4.67. The van der Waals surface area contributed by atoms with Crippen molar-refractivity contribution in [3.63, 3.8) is 0 Å². The van der Waals surface area contributed by atoms with Gasteiger partial charge in [-0.05, 0) is 87.1 Å². The zero-order chi connectivity index (χ0) is 26.6. The van der Waals surface area contributed by atoms with Crippen LogP contribution in [0, 0.1) is 11.8 Å². The van der Waals surface area contributed by atoms with Gasteiger partial charge in [0.2, 0.25) is 0 Å². The minimum absolute atomic E-state index is 0.0990. The summed E-state index contributed by atoms with van der Waals surface area (Å²) in [5.41, 5.74) is 7.16. The molecule has 3 aliphatic heterocycles. The number of aliphatic hydroxyl groups excluding tert-OH is 1. The molecule has 3 heterocycles. The lowest BCUT2D eigenvalue weighted by atomic mass is 9.78. The first-order chi connectivity index (χ1) is 18.2. The van der Waals surface area contributed by atoms with Gasteiger partial charge in [-0.1, -0.05) is 31.2 Å². The van der Waals surface area contributed by atoms with E-state index in [0.717, 1.165) is 44.5 Å². The predicted octanol–water partition coefficient (Wildman–Crippen LogP) is 4.31. The van der Waals surface area contributed by atoms with Crippen LogP contribution in [0.5, 0.6) is 5.75 Å². The Balaban J connectivity index is 1.18. The van der Waals surface area contributed by atoms with E-state index in [0.29, 0.717) is 48.7 Å². The van der Waals surface area contributed by atoms with Gasteiger partial charge in [-0.2, -0.15) is 0 Å². The van der Waals surface area contributed by atoms with Crippen LogP contribution in [0.15, 0.2) is 43.0 Å². The van der Waals surface area contributed by atoms with Gasteiger partial charge in [-0.25, -0.2) is 14.2 Å². The van der Waals surface area contributed by atoms with E-state index in [-0.39, 0.29) is 12.0 Å². The van der Waals surface area contributed by atoms with Crippen molar-refractivity contribution >= 4 is 5.69 Å². The lowest BCUT2D eigenvalue weighted by Crippen LogP contribution is -2.60. The number of alkyl halides is 2. The highest BCUT2D eigenvalue weighted by Gasteiger charge is 2.52. The largest absolute Gasteiger partial charge is 0.506 e. The summed E-state index contributed by atoms with van der Waals surface area (Å²) in [4.78, 5) is 2.53. The first kappa shape index (κ1) is 26.2. The minimum atomic E-state index is -3.13. The van der Waals surface area contributed by atoms with Gasteiger partial charge in [-0.3, -0.25) is 4.90 Å².